The lowest BCUT2D eigenvalue weighted by atomic mass is 10.1. The van der Waals surface area contributed by atoms with Gasteiger partial charge in [-0.25, -0.2) is 0 Å². The fourth-order valence-corrected chi connectivity index (χ4v) is 2.56. The summed E-state index contributed by atoms with van der Waals surface area (Å²) >= 11 is 0. The Morgan fingerprint density at radius 1 is 0.870 bits per heavy atom. The van der Waals surface area contributed by atoms with Crippen molar-refractivity contribution in [2.24, 2.45) is 0 Å². The molecule has 23 heavy (non-hydrogen) atoms. The predicted molar refractivity (Wildman–Crippen MR) is 90.5 cm³/mol. The van der Waals surface area contributed by atoms with Gasteiger partial charge in [0.25, 0.3) is 0 Å². The molecule has 0 saturated carbocycles. The van der Waals surface area contributed by atoms with Gasteiger partial charge < -0.3 is 14.2 Å². The van der Waals surface area contributed by atoms with E-state index >= 15 is 0 Å². The van der Waals surface area contributed by atoms with E-state index in [0.717, 1.165) is 23.1 Å². The molecule has 0 bridgehead atoms. The van der Waals surface area contributed by atoms with Crippen LogP contribution in [0, 0.1) is 0 Å². The van der Waals surface area contributed by atoms with Crippen LogP contribution in [0.5, 0.6) is 17.2 Å². The minimum Gasteiger partial charge on any atom is -0.493 e. The van der Waals surface area contributed by atoms with Gasteiger partial charge in [-0.15, -0.1) is 0 Å². The van der Waals surface area contributed by atoms with Gasteiger partial charge in [-0.3, -0.25) is 4.98 Å². The molecule has 0 spiro atoms. The summed E-state index contributed by atoms with van der Waals surface area (Å²) in [4.78, 5) is 4.40. The Morgan fingerprint density at radius 3 is 2.43 bits per heavy atom. The van der Waals surface area contributed by atoms with E-state index in [1.54, 1.807) is 20.4 Å². The molecule has 0 amide bonds. The average Bonchev–Trinajstić information content (AvgIpc) is 2.61. The van der Waals surface area contributed by atoms with Gasteiger partial charge in [0.15, 0.2) is 11.5 Å². The third kappa shape index (κ3) is 3.21. The van der Waals surface area contributed by atoms with E-state index in [0.29, 0.717) is 18.1 Å². The van der Waals surface area contributed by atoms with Crippen molar-refractivity contribution in [2.45, 2.75) is 6.42 Å². The molecule has 4 nitrogen and oxygen atoms in total. The normalized spacial score (nSPS) is 10.5. The van der Waals surface area contributed by atoms with Gasteiger partial charge in [0, 0.05) is 18.0 Å². The van der Waals surface area contributed by atoms with Crippen molar-refractivity contribution in [3.05, 3.63) is 60.3 Å². The number of aromatic nitrogens is 1. The first-order chi connectivity index (χ1) is 11.3. The molecule has 1 aromatic heterocycles. The lowest BCUT2D eigenvalue weighted by molar-refractivity contribution is 0.325. The second-order valence-electron chi connectivity index (χ2n) is 5.09. The van der Waals surface area contributed by atoms with Crippen LogP contribution in [0.2, 0.25) is 0 Å². The molecule has 0 radical (unpaired) electrons. The molecule has 0 aliphatic rings. The van der Waals surface area contributed by atoms with Crippen molar-refractivity contribution in [1.29, 1.82) is 0 Å². The highest BCUT2D eigenvalue weighted by Gasteiger charge is 2.13. The molecule has 0 unspecified atom stereocenters. The Bertz CT molecular complexity index is 787. The van der Waals surface area contributed by atoms with Crippen molar-refractivity contribution in [3.8, 4) is 17.2 Å². The van der Waals surface area contributed by atoms with Crippen LogP contribution in [0.1, 0.15) is 5.56 Å². The Morgan fingerprint density at radius 2 is 1.70 bits per heavy atom. The van der Waals surface area contributed by atoms with Crippen LogP contribution >= 0.6 is 0 Å². The maximum Gasteiger partial charge on any atom is 0.187 e. The van der Waals surface area contributed by atoms with Gasteiger partial charge in [0.1, 0.15) is 11.3 Å². The Balaban J connectivity index is 1.84. The summed E-state index contributed by atoms with van der Waals surface area (Å²) in [6.45, 7) is 0.609. The summed E-state index contributed by atoms with van der Waals surface area (Å²) in [5, 5.41) is 0.915. The molecule has 0 aliphatic carbocycles. The molecule has 3 aromatic rings. The molecule has 1 heterocycles. The minimum absolute atomic E-state index is 0.609. The molecular weight excluding hydrogens is 290 g/mol. The van der Waals surface area contributed by atoms with Crippen molar-refractivity contribution in [3.63, 3.8) is 0 Å². The highest BCUT2D eigenvalue weighted by Crippen LogP contribution is 2.37. The monoisotopic (exact) mass is 309 g/mol. The van der Waals surface area contributed by atoms with E-state index in [-0.39, 0.29) is 0 Å². The lowest BCUT2D eigenvalue weighted by Crippen LogP contribution is -2.02. The molecule has 0 aliphatic heterocycles. The first-order valence-electron chi connectivity index (χ1n) is 7.50. The topological polar surface area (TPSA) is 40.6 Å². The predicted octanol–water partition coefficient (Wildman–Crippen LogP) is 3.87. The van der Waals surface area contributed by atoms with E-state index in [2.05, 4.69) is 17.1 Å². The molecule has 2 aromatic carbocycles. The third-order valence-electron chi connectivity index (χ3n) is 3.71. The quantitative estimate of drug-likeness (QED) is 0.693. The zero-order valence-electron chi connectivity index (χ0n) is 13.3. The lowest BCUT2D eigenvalue weighted by Gasteiger charge is -2.13. The number of nitrogens with zero attached hydrogens (tertiary/aromatic N) is 1. The van der Waals surface area contributed by atoms with Gasteiger partial charge in [0.05, 0.1) is 20.8 Å². The number of hydrogen-bond donors (Lipinski definition) is 0. The molecule has 4 heteroatoms. The molecule has 3 rings (SSSR count). The third-order valence-corrected chi connectivity index (χ3v) is 3.71. The number of ether oxygens (including phenoxy) is 3. The number of rotatable bonds is 6. The van der Waals surface area contributed by atoms with Crippen LogP contribution in [0.4, 0.5) is 0 Å². The van der Waals surface area contributed by atoms with Crippen molar-refractivity contribution in [1.82, 2.24) is 4.98 Å². The number of hydrogen-bond acceptors (Lipinski definition) is 4. The standard InChI is InChI=1S/C19H19NO3/c1-21-17-9-8-15-16(10-12-20-18(15)19(17)22-2)23-13-11-14-6-4-3-5-7-14/h3-10,12H,11,13H2,1-2H3. The van der Waals surface area contributed by atoms with E-state index in [4.69, 9.17) is 14.2 Å². The minimum atomic E-state index is 0.609. The van der Waals surface area contributed by atoms with Crippen molar-refractivity contribution < 1.29 is 14.2 Å². The van der Waals surface area contributed by atoms with Crippen LogP contribution in [0.3, 0.4) is 0 Å². The second kappa shape index (κ2) is 7.01. The van der Waals surface area contributed by atoms with Gasteiger partial charge in [-0.05, 0) is 23.8 Å². The number of fused-ring (bicyclic) bond motifs is 1. The fraction of sp³-hybridized carbons (Fsp3) is 0.211. The SMILES string of the molecule is COc1ccc2c(OCCc3ccccc3)ccnc2c1OC. The van der Waals surface area contributed by atoms with Crippen LogP contribution in [-0.4, -0.2) is 25.8 Å². The summed E-state index contributed by atoms with van der Waals surface area (Å²) in [5.74, 6) is 2.08. The molecule has 118 valence electrons. The summed E-state index contributed by atoms with van der Waals surface area (Å²) in [6.07, 6.45) is 2.58. The van der Waals surface area contributed by atoms with Gasteiger partial charge >= 0.3 is 0 Å². The second-order valence-corrected chi connectivity index (χ2v) is 5.09. The Kier molecular flexibility index (Phi) is 4.62. The van der Waals surface area contributed by atoms with Crippen molar-refractivity contribution >= 4 is 10.9 Å². The first kappa shape index (κ1) is 15.2. The number of methoxy groups -OCH3 is 2. The smallest absolute Gasteiger partial charge is 0.187 e. The number of pyridine rings is 1. The van der Waals surface area contributed by atoms with Crippen LogP contribution in [0.25, 0.3) is 10.9 Å². The maximum atomic E-state index is 5.96. The Hall–Kier alpha value is -2.75. The van der Waals surface area contributed by atoms with Gasteiger partial charge in [-0.1, -0.05) is 30.3 Å². The highest BCUT2D eigenvalue weighted by atomic mass is 16.5. The molecule has 0 atom stereocenters. The molecule has 0 saturated heterocycles. The summed E-state index contributed by atoms with van der Waals surface area (Å²) in [7, 11) is 3.23. The summed E-state index contributed by atoms with van der Waals surface area (Å²) in [5.41, 5.74) is 1.99. The average molecular weight is 309 g/mol. The molecule has 0 N–H and O–H groups in total. The fourth-order valence-electron chi connectivity index (χ4n) is 2.56. The maximum absolute atomic E-state index is 5.96. The van der Waals surface area contributed by atoms with E-state index in [1.165, 1.54) is 5.56 Å². The summed E-state index contributed by atoms with van der Waals surface area (Å²) < 4.78 is 16.7. The van der Waals surface area contributed by atoms with E-state index in [1.807, 2.05) is 36.4 Å². The van der Waals surface area contributed by atoms with Crippen LogP contribution < -0.4 is 14.2 Å². The van der Waals surface area contributed by atoms with Crippen LogP contribution in [0.15, 0.2) is 54.7 Å². The molecular formula is C19H19NO3. The van der Waals surface area contributed by atoms with E-state index in [9.17, 15) is 0 Å². The largest absolute Gasteiger partial charge is 0.493 e. The first-order valence-corrected chi connectivity index (χ1v) is 7.50. The zero-order chi connectivity index (χ0) is 16.1. The van der Waals surface area contributed by atoms with Crippen molar-refractivity contribution in [2.75, 3.05) is 20.8 Å². The van der Waals surface area contributed by atoms with E-state index < -0.39 is 0 Å². The summed E-state index contributed by atoms with van der Waals surface area (Å²) in [6, 6.07) is 16.0. The Labute approximate surface area is 135 Å². The zero-order valence-corrected chi connectivity index (χ0v) is 13.3. The number of benzene rings is 2. The highest BCUT2D eigenvalue weighted by molar-refractivity contribution is 5.91. The van der Waals surface area contributed by atoms with Gasteiger partial charge in [0.2, 0.25) is 0 Å². The van der Waals surface area contributed by atoms with Crippen LogP contribution in [-0.2, 0) is 6.42 Å². The van der Waals surface area contributed by atoms with Gasteiger partial charge in [-0.2, -0.15) is 0 Å². The molecule has 0 fully saturated rings.